The predicted octanol–water partition coefficient (Wildman–Crippen LogP) is 4.10. The van der Waals surface area contributed by atoms with Crippen LogP contribution in [0.25, 0.3) is 0 Å². The van der Waals surface area contributed by atoms with E-state index >= 15 is 0 Å². The monoisotopic (exact) mass is 378 g/mol. The van der Waals surface area contributed by atoms with Gasteiger partial charge in [-0.1, -0.05) is 12.1 Å². The molecule has 4 rings (SSSR count). The summed E-state index contributed by atoms with van der Waals surface area (Å²) >= 11 is 0. The molecule has 1 heterocycles. The van der Waals surface area contributed by atoms with Crippen LogP contribution in [0.3, 0.4) is 0 Å². The second kappa shape index (κ2) is 8.05. The third kappa shape index (κ3) is 4.03. The van der Waals surface area contributed by atoms with E-state index in [1.54, 1.807) is 11.8 Å². The van der Waals surface area contributed by atoms with Crippen molar-refractivity contribution in [2.75, 3.05) is 16.8 Å². The minimum Gasteiger partial charge on any atom is -0.481 e. The molecule has 1 aliphatic heterocycles. The molecule has 1 atom stereocenters. The molecule has 0 saturated carbocycles. The van der Waals surface area contributed by atoms with Crippen molar-refractivity contribution in [3.63, 3.8) is 0 Å². The van der Waals surface area contributed by atoms with Gasteiger partial charge in [-0.25, -0.2) is 0 Å². The molecule has 0 bridgehead atoms. The Kier molecular flexibility index (Phi) is 5.33. The molecule has 1 aliphatic carbocycles. The van der Waals surface area contributed by atoms with E-state index in [1.807, 2.05) is 30.3 Å². The Balaban J connectivity index is 1.40. The van der Waals surface area contributed by atoms with Gasteiger partial charge in [-0.15, -0.1) is 0 Å². The standard InChI is InChI=1S/C23H26N2O3/c1-16(28-21-12-11-17-6-2-3-7-18(17)14-21)23(27)24-19-8-4-9-20(15-19)25-13-5-10-22(25)26/h4,8-9,11-12,14-16H,2-3,5-7,10,13H2,1H3,(H,24,27)/t16-/m1/s1. The molecular weight excluding hydrogens is 352 g/mol. The van der Waals surface area contributed by atoms with Gasteiger partial charge in [-0.3, -0.25) is 9.59 Å². The van der Waals surface area contributed by atoms with Gasteiger partial charge in [-0.2, -0.15) is 0 Å². The van der Waals surface area contributed by atoms with Crippen LogP contribution in [0.2, 0.25) is 0 Å². The summed E-state index contributed by atoms with van der Waals surface area (Å²) < 4.78 is 5.88. The third-order valence-electron chi connectivity index (χ3n) is 5.50. The maximum absolute atomic E-state index is 12.6. The van der Waals surface area contributed by atoms with Gasteiger partial charge >= 0.3 is 0 Å². The molecule has 1 N–H and O–H groups in total. The third-order valence-corrected chi connectivity index (χ3v) is 5.50. The molecular formula is C23H26N2O3. The average Bonchev–Trinajstić information content (AvgIpc) is 3.14. The number of aryl methyl sites for hydroxylation is 2. The first-order valence-corrected chi connectivity index (χ1v) is 10.1. The van der Waals surface area contributed by atoms with Gasteiger partial charge in [0.05, 0.1) is 0 Å². The highest BCUT2D eigenvalue weighted by Gasteiger charge is 2.22. The number of carbonyl (C=O) groups is 2. The number of benzene rings is 2. The Morgan fingerprint density at radius 3 is 2.64 bits per heavy atom. The van der Waals surface area contributed by atoms with Crippen LogP contribution in [0.1, 0.15) is 43.7 Å². The maximum Gasteiger partial charge on any atom is 0.265 e. The van der Waals surface area contributed by atoms with E-state index in [9.17, 15) is 9.59 Å². The van der Waals surface area contributed by atoms with Crippen LogP contribution in [0.5, 0.6) is 5.75 Å². The molecule has 2 aromatic carbocycles. The predicted molar refractivity (Wildman–Crippen MR) is 110 cm³/mol. The van der Waals surface area contributed by atoms with Crippen molar-refractivity contribution in [3.05, 3.63) is 53.6 Å². The quantitative estimate of drug-likeness (QED) is 0.852. The van der Waals surface area contributed by atoms with Crippen molar-refractivity contribution in [2.45, 2.75) is 51.6 Å². The summed E-state index contributed by atoms with van der Waals surface area (Å²) in [5.74, 6) is 0.662. The van der Waals surface area contributed by atoms with Gasteiger partial charge < -0.3 is 15.0 Å². The Bertz CT molecular complexity index is 893. The lowest BCUT2D eigenvalue weighted by atomic mass is 9.92. The lowest BCUT2D eigenvalue weighted by Crippen LogP contribution is -2.30. The first-order valence-electron chi connectivity index (χ1n) is 10.1. The van der Waals surface area contributed by atoms with E-state index < -0.39 is 6.10 Å². The molecule has 0 spiro atoms. The van der Waals surface area contributed by atoms with Crippen LogP contribution in [-0.2, 0) is 22.4 Å². The smallest absolute Gasteiger partial charge is 0.265 e. The summed E-state index contributed by atoms with van der Waals surface area (Å²) in [6, 6.07) is 13.5. The SMILES string of the molecule is C[C@@H](Oc1ccc2c(c1)CCCC2)C(=O)Nc1cccc(N2CCCC2=O)c1. The molecule has 2 aliphatic rings. The fourth-order valence-electron chi connectivity index (χ4n) is 3.96. The van der Waals surface area contributed by atoms with Gasteiger partial charge in [-0.05, 0) is 80.5 Å². The summed E-state index contributed by atoms with van der Waals surface area (Å²) in [6.07, 6.45) is 5.51. The molecule has 1 saturated heterocycles. The normalized spacial score (nSPS) is 17.2. The van der Waals surface area contributed by atoms with Gasteiger partial charge in [0.15, 0.2) is 6.10 Å². The van der Waals surface area contributed by atoms with Crippen molar-refractivity contribution in [1.82, 2.24) is 0 Å². The molecule has 2 amide bonds. The second-order valence-electron chi connectivity index (χ2n) is 7.59. The van der Waals surface area contributed by atoms with Crippen molar-refractivity contribution >= 4 is 23.2 Å². The van der Waals surface area contributed by atoms with E-state index in [0.29, 0.717) is 12.1 Å². The zero-order chi connectivity index (χ0) is 19.5. The Morgan fingerprint density at radius 1 is 1.04 bits per heavy atom. The largest absolute Gasteiger partial charge is 0.481 e. The van der Waals surface area contributed by atoms with Crippen molar-refractivity contribution in [2.24, 2.45) is 0 Å². The van der Waals surface area contributed by atoms with E-state index in [0.717, 1.165) is 37.2 Å². The van der Waals surface area contributed by atoms with Gasteiger partial charge in [0.1, 0.15) is 5.75 Å². The van der Waals surface area contributed by atoms with Crippen LogP contribution in [0, 0.1) is 0 Å². The lowest BCUT2D eigenvalue weighted by molar-refractivity contribution is -0.122. The van der Waals surface area contributed by atoms with Gasteiger partial charge in [0.25, 0.3) is 5.91 Å². The zero-order valence-electron chi connectivity index (χ0n) is 16.2. The fourth-order valence-corrected chi connectivity index (χ4v) is 3.96. The molecule has 146 valence electrons. The number of hydrogen-bond donors (Lipinski definition) is 1. The van der Waals surface area contributed by atoms with Crippen LogP contribution in [-0.4, -0.2) is 24.5 Å². The lowest BCUT2D eigenvalue weighted by Gasteiger charge is -2.20. The molecule has 5 nitrogen and oxygen atoms in total. The topological polar surface area (TPSA) is 58.6 Å². The number of ether oxygens (including phenoxy) is 1. The molecule has 28 heavy (non-hydrogen) atoms. The van der Waals surface area contributed by atoms with E-state index in [-0.39, 0.29) is 11.8 Å². The van der Waals surface area contributed by atoms with Crippen LogP contribution in [0.15, 0.2) is 42.5 Å². The Morgan fingerprint density at radius 2 is 1.86 bits per heavy atom. The first kappa shape index (κ1) is 18.5. The number of anilines is 2. The number of nitrogens with one attached hydrogen (secondary N) is 1. The second-order valence-corrected chi connectivity index (χ2v) is 7.59. The van der Waals surface area contributed by atoms with Crippen molar-refractivity contribution in [1.29, 1.82) is 0 Å². The first-order chi connectivity index (χ1) is 13.6. The molecule has 5 heteroatoms. The minimum absolute atomic E-state index is 0.132. The summed E-state index contributed by atoms with van der Waals surface area (Å²) in [4.78, 5) is 26.3. The highest BCUT2D eigenvalue weighted by molar-refractivity contribution is 5.97. The summed E-state index contributed by atoms with van der Waals surface area (Å²) in [5.41, 5.74) is 4.22. The average molecular weight is 378 g/mol. The summed E-state index contributed by atoms with van der Waals surface area (Å²) in [7, 11) is 0. The van der Waals surface area contributed by atoms with E-state index in [4.69, 9.17) is 4.74 Å². The number of rotatable bonds is 5. The number of nitrogens with zero attached hydrogens (tertiary/aromatic N) is 1. The summed E-state index contributed by atoms with van der Waals surface area (Å²) in [5, 5.41) is 2.90. The molecule has 0 unspecified atom stereocenters. The number of fused-ring (bicyclic) bond motifs is 1. The summed E-state index contributed by atoms with van der Waals surface area (Å²) in [6.45, 7) is 2.48. The van der Waals surface area contributed by atoms with E-state index in [2.05, 4.69) is 17.4 Å². The van der Waals surface area contributed by atoms with Crippen molar-refractivity contribution in [3.8, 4) is 5.75 Å². The zero-order valence-corrected chi connectivity index (χ0v) is 16.2. The Labute approximate surface area is 165 Å². The van der Waals surface area contributed by atoms with Gasteiger partial charge in [0, 0.05) is 24.3 Å². The molecule has 0 radical (unpaired) electrons. The van der Waals surface area contributed by atoms with Crippen LogP contribution < -0.4 is 15.0 Å². The number of carbonyl (C=O) groups excluding carboxylic acids is 2. The highest BCUT2D eigenvalue weighted by atomic mass is 16.5. The highest BCUT2D eigenvalue weighted by Crippen LogP contribution is 2.27. The minimum atomic E-state index is -0.612. The van der Waals surface area contributed by atoms with E-state index in [1.165, 1.54) is 24.0 Å². The van der Waals surface area contributed by atoms with Crippen molar-refractivity contribution < 1.29 is 14.3 Å². The maximum atomic E-state index is 12.6. The molecule has 1 fully saturated rings. The van der Waals surface area contributed by atoms with Gasteiger partial charge in [0.2, 0.25) is 5.91 Å². The van der Waals surface area contributed by atoms with Crippen LogP contribution >= 0.6 is 0 Å². The van der Waals surface area contributed by atoms with Crippen LogP contribution in [0.4, 0.5) is 11.4 Å². The number of amides is 2. The molecule has 2 aromatic rings. The Hall–Kier alpha value is -2.82. The molecule has 0 aromatic heterocycles. The fraction of sp³-hybridized carbons (Fsp3) is 0.391. The number of hydrogen-bond acceptors (Lipinski definition) is 3.